The van der Waals surface area contributed by atoms with E-state index in [1.165, 1.54) is 6.07 Å². The van der Waals surface area contributed by atoms with Crippen molar-refractivity contribution in [2.24, 2.45) is 0 Å². The predicted octanol–water partition coefficient (Wildman–Crippen LogP) is 4.34. The summed E-state index contributed by atoms with van der Waals surface area (Å²) in [5, 5.41) is 3.24. The van der Waals surface area contributed by atoms with Crippen molar-refractivity contribution in [1.82, 2.24) is 15.1 Å². The van der Waals surface area contributed by atoms with Crippen LogP contribution in [0.5, 0.6) is 0 Å². The van der Waals surface area contributed by atoms with Crippen LogP contribution in [0.2, 0.25) is 5.02 Å². The zero-order chi connectivity index (χ0) is 23.5. The van der Waals surface area contributed by atoms with E-state index in [2.05, 4.69) is 54.0 Å². The zero-order valence-electron chi connectivity index (χ0n) is 18.0. The van der Waals surface area contributed by atoms with Gasteiger partial charge in [0.05, 0.1) is 10.6 Å². The van der Waals surface area contributed by atoms with Gasteiger partial charge in [0.2, 0.25) is 0 Å². The number of hydrogen-bond acceptors (Lipinski definition) is 5. The SMILES string of the molecule is CCS(=O)(=O)c1ccc(Cl)cc1CNC(=O)c1cc(Br)c(CN2CCN(C)CC2)c(Br)c1. The molecule has 10 heteroatoms. The first-order chi connectivity index (χ1) is 15.1. The van der Waals surface area contributed by atoms with E-state index in [-0.39, 0.29) is 23.1 Å². The van der Waals surface area contributed by atoms with Crippen LogP contribution in [0.25, 0.3) is 0 Å². The molecular formula is C22H26Br2ClN3O3S. The maximum atomic E-state index is 12.8. The minimum absolute atomic E-state index is 0.0236. The van der Waals surface area contributed by atoms with E-state index in [9.17, 15) is 13.2 Å². The molecule has 174 valence electrons. The first-order valence-corrected chi connectivity index (χ1v) is 13.9. The molecule has 1 aliphatic rings. The number of halogens is 3. The van der Waals surface area contributed by atoms with Crippen molar-refractivity contribution < 1.29 is 13.2 Å². The van der Waals surface area contributed by atoms with Gasteiger partial charge in [-0.3, -0.25) is 9.69 Å². The topological polar surface area (TPSA) is 69.7 Å². The van der Waals surface area contributed by atoms with Gasteiger partial charge in [-0.05, 0) is 48.5 Å². The maximum Gasteiger partial charge on any atom is 0.251 e. The average Bonchev–Trinajstić information content (AvgIpc) is 2.75. The number of carbonyl (C=O) groups is 1. The second-order valence-corrected chi connectivity index (χ2v) is 12.2. The Hall–Kier alpha value is -0.970. The van der Waals surface area contributed by atoms with E-state index in [4.69, 9.17) is 11.6 Å². The second-order valence-electron chi connectivity index (χ2n) is 7.84. The van der Waals surface area contributed by atoms with Crippen molar-refractivity contribution in [1.29, 1.82) is 0 Å². The number of hydrogen-bond donors (Lipinski definition) is 1. The number of likely N-dealkylation sites (N-methyl/N-ethyl adjacent to an activating group) is 1. The summed E-state index contributed by atoms with van der Waals surface area (Å²) in [5.74, 6) is -0.318. The van der Waals surface area contributed by atoms with E-state index in [0.717, 1.165) is 47.2 Å². The van der Waals surface area contributed by atoms with Crippen LogP contribution in [0.1, 0.15) is 28.4 Å². The van der Waals surface area contributed by atoms with E-state index < -0.39 is 9.84 Å². The molecule has 2 aromatic carbocycles. The van der Waals surface area contributed by atoms with Gasteiger partial charge < -0.3 is 10.2 Å². The maximum absolute atomic E-state index is 12.8. The number of sulfone groups is 1. The molecule has 1 aliphatic heterocycles. The van der Waals surface area contributed by atoms with Crippen LogP contribution < -0.4 is 5.32 Å². The van der Waals surface area contributed by atoms with Crippen molar-refractivity contribution in [3.8, 4) is 0 Å². The molecule has 1 saturated heterocycles. The number of amides is 1. The summed E-state index contributed by atoms with van der Waals surface area (Å²) < 4.78 is 26.5. The molecule has 1 fully saturated rings. The molecular weight excluding hydrogens is 582 g/mol. The van der Waals surface area contributed by atoms with Gasteiger partial charge in [-0.15, -0.1) is 0 Å². The predicted molar refractivity (Wildman–Crippen MR) is 135 cm³/mol. The van der Waals surface area contributed by atoms with Gasteiger partial charge in [-0.2, -0.15) is 0 Å². The summed E-state index contributed by atoms with van der Waals surface area (Å²) in [6.45, 7) is 6.51. The lowest BCUT2D eigenvalue weighted by Gasteiger charge is -2.32. The van der Waals surface area contributed by atoms with Crippen LogP contribution in [0.4, 0.5) is 0 Å². The minimum Gasteiger partial charge on any atom is -0.348 e. The van der Waals surface area contributed by atoms with Crippen molar-refractivity contribution in [2.75, 3.05) is 39.0 Å². The van der Waals surface area contributed by atoms with Crippen LogP contribution in [0.15, 0.2) is 44.2 Å². The number of nitrogens with zero attached hydrogens (tertiary/aromatic N) is 2. The molecule has 0 atom stereocenters. The number of rotatable bonds is 7. The van der Waals surface area contributed by atoms with Crippen LogP contribution >= 0.6 is 43.5 Å². The Morgan fingerprint density at radius 3 is 2.31 bits per heavy atom. The number of benzene rings is 2. The largest absolute Gasteiger partial charge is 0.348 e. The quantitative estimate of drug-likeness (QED) is 0.508. The second kappa shape index (κ2) is 11.0. The molecule has 0 bridgehead atoms. The lowest BCUT2D eigenvalue weighted by Crippen LogP contribution is -2.44. The van der Waals surface area contributed by atoms with E-state index in [1.807, 2.05) is 0 Å². The molecule has 2 aromatic rings. The number of piperazine rings is 1. The third kappa shape index (κ3) is 6.33. The zero-order valence-corrected chi connectivity index (χ0v) is 22.7. The molecule has 0 unspecified atom stereocenters. The minimum atomic E-state index is -3.43. The van der Waals surface area contributed by atoms with Gasteiger partial charge >= 0.3 is 0 Å². The van der Waals surface area contributed by atoms with Crippen molar-refractivity contribution in [3.63, 3.8) is 0 Å². The molecule has 1 N–H and O–H groups in total. The Balaban J connectivity index is 1.73. The fourth-order valence-corrected chi connectivity index (χ4v) is 6.29. The Labute approximate surface area is 211 Å². The standard InChI is InChI=1S/C22H26Br2ClN3O3S/c1-3-32(30,31)21-5-4-17(25)10-16(21)13-26-22(29)15-11-19(23)18(20(24)12-15)14-28-8-6-27(2)7-9-28/h4-5,10-12H,3,6-9,13-14H2,1-2H3,(H,26,29). The number of nitrogens with one attached hydrogen (secondary N) is 1. The fraction of sp³-hybridized carbons (Fsp3) is 0.409. The van der Waals surface area contributed by atoms with E-state index in [1.54, 1.807) is 31.2 Å². The van der Waals surface area contributed by atoms with Gasteiger partial charge in [-0.1, -0.05) is 50.4 Å². The summed E-state index contributed by atoms with van der Waals surface area (Å²) in [5.41, 5.74) is 2.04. The first-order valence-electron chi connectivity index (χ1n) is 10.3. The van der Waals surface area contributed by atoms with Gasteiger partial charge in [0, 0.05) is 58.8 Å². The average molecular weight is 608 g/mol. The third-order valence-electron chi connectivity index (χ3n) is 5.56. The summed E-state index contributed by atoms with van der Waals surface area (Å²) in [7, 11) is -1.30. The molecule has 3 rings (SSSR count). The highest BCUT2D eigenvalue weighted by atomic mass is 79.9. The third-order valence-corrected chi connectivity index (χ3v) is 9.04. The first kappa shape index (κ1) is 25.6. The monoisotopic (exact) mass is 605 g/mol. The molecule has 0 aromatic heterocycles. The summed E-state index contributed by atoms with van der Waals surface area (Å²) >= 11 is 13.3. The Morgan fingerprint density at radius 2 is 1.72 bits per heavy atom. The van der Waals surface area contributed by atoms with Crippen molar-refractivity contribution in [2.45, 2.75) is 24.9 Å². The molecule has 0 spiro atoms. The van der Waals surface area contributed by atoms with Crippen molar-refractivity contribution in [3.05, 3.63) is 61.0 Å². The molecule has 1 amide bonds. The highest BCUT2D eigenvalue weighted by molar-refractivity contribution is 9.11. The van der Waals surface area contributed by atoms with Crippen LogP contribution in [0, 0.1) is 0 Å². The smallest absolute Gasteiger partial charge is 0.251 e. The van der Waals surface area contributed by atoms with Gasteiger partial charge in [0.1, 0.15) is 0 Å². The molecule has 1 heterocycles. The lowest BCUT2D eigenvalue weighted by atomic mass is 10.1. The summed E-state index contributed by atoms with van der Waals surface area (Å²) in [6, 6.07) is 8.21. The van der Waals surface area contributed by atoms with Crippen molar-refractivity contribution >= 4 is 59.2 Å². The highest BCUT2D eigenvalue weighted by Crippen LogP contribution is 2.29. The number of carbonyl (C=O) groups excluding carboxylic acids is 1. The molecule has 0 aliphatic carbocycles. The van der Waals surface area contributed by atoms with Gasteiger partial charge in [-0.25, -0.2) is 8.42 Å². The van der Waals surface area contributed by atoms with E-state index >= 15 is 0 Å². The molecule has 32 heavy (non-hydrogen) atoms. The normalized spacial score (nSPS) is 15.7. The molecule has 6 nitrogen and oxygen atoms in total. The van der Waals surface area contributed by atoms with Gasteiger partial charge in [0.25, 0.3) is 5.91 Å². The van der Waals surface area contributed by atoms with Crippen LogP contribution in [-0.4, -0.2) is 63.1 Å². The van der Waals surface area contributed by atoms with E-state index in [0.29, 0.717) is 16.1 Å². The Kier molecular flexibility index (Phi) is 8.79. The molecule has 0 radical (unpaired) electrons. The van der Waals surface area contributed by atoms with Gasteiger partial charge in [0.15, 0.2) is 9.84 Å². The fourth-order valence-electron chi connectivity index (χ4n) is 3.54. The van der Waals surface area contributed by atoms with Crippen LogP contribution in [0.3, 0.4) is 0 Å². The highest BCUT2D eigenvalue weighted by Gasteiger charge is 2.20. The Morgan fingerprint density at radius 1 is 1.09 bits per heavy atom. The Bertz CT molecular complexity index is 1080. The lowest BCUT2D eigenvalue weighted by molar-refractivity contribution is 0.0950. The van der Waals surface area contributed by atoms with Crippen LogP contribution in [-0.2, 0) is 22.9 Å². The summed E-state index contributed by atoms with van der Waals surface area (Å²) in [4.78, 5) is 17.7. The molecule has 0 saturated carbocycles. The summed E-state index contributed by atoms with van der Waals surface area (Å²) in [6.07, 6.45) is 0.